The summed E-state index contributed by atoms with van der Waals surface area (Å²) in [6.07, 6.45) is 1.07. The Morgan fingerprint density at radius 1 is 1.37 bits per heavy atom. The van der Waals surface area contributed by atoms with E-state index >= 15 is 0 Å². The smallest absolute Gasteiger partial charge is 0.287 e. The fraction of sp³-hybridized carbons (Fsp3) is 0.357. The molecular formula is C14H16N2O3. The number of anilines is 1. The second kappa shape index (κ2) is 5.22. The van der Waals surface area contributed by atoms with E-state index in [4.69, 9.17) is 0 Å². The molecule has 100 valence electrons. The Morgan fingerprint density at radius 2 is 2.11 bits per heavy atom. The molecule has 2 amide bonds. The lowest BCUT2D eigenvalue weighted by Crippen LogP contribution is -2.30. The van der Waals surface area contributed by atoms with Crippen molar-refractivity contribution in [3.8, 4) is 0 Å². The molecule has 0 bridgehead atoms. The minimum absolute atomic E-state index is 0.0945. The predicted octanol–water partition coefficient (Wildman–Crippen LogP) is 0.453. The van der Waals surface area contributed by atoms with E-state index in [0.29, 0.717) is 19.4 Å². The first-order valence-corrected chi connectivity index (χ1v) is 6.16. The molecule has 0 radical (unpaired) electrons. The average molecular weight is 260 g/mol. The molecule has 19 heavy (non-hydrogen) atoms. The number of rotatable bonds is 4. The fourth-order valence-corrected chi connectivity index (χ4v) is 2.12. The van der Waals surface area contributed by atoms with E-state index < -0.39 is 11.7 Å². The molecule has 2 rings (SSSR count). The van der Waals surface area contributed by atoms with Crippen molar-refractivity contribution in [3.05, 3.63) is 29.3 Å². The highest BCUT2D eigenvalue weighted by Gasteiger charge is 2.23. The molecule has 0 saturated heterocycles. The van der Waals surface area contributed by atoms with E-state index in [0.717, 1.165) is 16.8 Å². The topological polar surface area (TPSA) is 66.5 Å². The van der Waals surface area contributed by atoms with Crippen LogP contribution >= 0.6 is 0 Å². The Balaban J connectivity index is 1.97. The fourth-order valence-electron chi connectivity index (χ4n) is 2.12. The van der Waals surface area contributed by atoms with Gasteiger partial charge in [0, 0.05) is 26.2 Å². The van der Waals surface area contributed by atoms with Crippen LogP contribution in [0.4, 0.5) is 5.69 Å². The van der Waals surface area contributed by atoms with Crippen LogP contribution in [0.3, 0.4) is 0 Å². The molecule has 1 heterocycles. The number of fused-ring (bicyclic) bond motifs is 1. The number of carbonyl (C=O) groups is 3. The first kappa shape index (κ1) is 13.3. The molecule has 0 atom stereocenters. The van der Waals surface area contributed by atoms with Gasteiger partial charge < -0.3 is 10.2 Å². The number of nitrogens with zero attached hydrogens (tertiary/aromatic N) is 1. The quantitative estimate of drug-likeness (QED) is 0.799. The van der Waals surface area contributed by atoms with Crippen LogP contribution in [0.2, 0.25) is 0 Å². The maximum atomic E-state index is 11.6. The molecule has 0 saturated carbocycles. The SMILES string of the molecule is CC(=O)C(=O)NCCc1ccc2c(c1)CC(=O)N2C. The third-order valence-electron chi connectivity index (χ3n) is 3.24. The summed E-state index contributed by atoms with van der Waals surface area (Å²) in [7, 11) is 1.76. The van der Waals surface area contributed by atoms with Crippen LogP contribution in [0.1, 0.15) is 18.1 Å². The van der Waals surface area contributed by atoms with Gasteiger partial charge in [-0.15, -0.1) is 0 Å². The van der Waals surface area contributed by atoms with Crippen LogP contribution in [0.15, 0.2) is 18.2 Å². The van der Waals surface area contributed by atoms with Crippen molar-refractivity contribution >= 4 is 23.3 Å². The van der Waals surface area contributed by atoms with E-state index in [1.807, 2.05) is 18.2 Å². The number of carbonyl (C=O) groups excluding carboxylic acids is 3. The Morgan fingerprint density at radius 3 is 2.79 bits per heavy atom. The molecule has 0 unspecified atom stereocenters. The zero-order valence-electron chi connectivity index (χ0n) is 11.0. The number of Topliss-reactive ketones (excluding diaryl/α,β-unsaturated/α-hetero) is 1. The van der Waals surface area contributed by atoms with Gasteiger partial charge in [0.1, 0.15) is 0 Å². The van der Waals surface area contributed by atoms with Gasteiger partial charge in [0.2, 0.25) is 11.7 Å². The van der Waals surface area contributed by atoms with Gasteiger partial charge in [-0.2, -0.15) is 0 Å². The van der Waals surface area contributed by atoms with Gasteiger partial charge in [0.25, 0.3) is 5.91 Å². The average Bonchev–Trinajstić information content (AvgIpc) is 2.64. The third kappa shape index (κ3) is 2.81. The second-order valence-electron chi connectivity index (χ2n) is 4.65. The second-order valence-corrected chi connectivity index (χ2v) is 4.65. The van der Waals surface area contributed by atoms with Crippen LogP contribution in [0.25, 0.3) is 0 Å². The molecule has 1 aromatic rings. The molecule has 1 aromatic carbocycles. The standard InChI is InChI=1S/C14H16N2O3/c1-9(17)14(19)15-6-5-10-3-4-12-11(7-10)8-13(18)16(12)2/h3-4,7H,5-6,8H2,1-2H3,(H,15,19). The van der Waals surface area contributed by atoms with E-state index in [2.05, 4.69) is 5.32 Å². The molecule has 1 aliphatic rings. The maximum absolute atomic E-state index is 11.6. The summed E-state index contributed by atoms with van der Waals surface area (Å²) in [5.74, 6) is -0.950. The van der Waals surface area contributed by atoms with Crippen LogP contribution in [0, 0.1) is 0 Å². The van der Waals surface area contributed by atoms with Gasteiger partial charge >= 0.3 is 0 Å². The summed E-state index contributed by atoms with van der Waals surface area (Å²) in [5.41, 5.74) is 3.01. The van der Waals surface area contributed by atoms with Crippen LogP contribution in [-0.2, 0) is 27.2 Å². The molecular weight excluding hydrogens is 244 g/mol. The summed E-state index contributed by atoms with van der Waals surface area (Å²) < 4.78 is 0. The van der Waals surface area contributed by atoms with E-state index in [1.165, 1.54) is 6.92 Å². The van der Waals surface area contributed by atoms with E-state index in [9.17, 15) is 14.4 Å². The van der Waals surface area contributed by atoms with E-state index in [1.54, 1.807) is 11.9 Å². The lowest BCUT2D eigenvalue weighted by molar-refractivity contribution is -0.136. The monoisotopic (exact) mass is 260 g/mol. The molecule has 0 spiro atoms. The lowest BCUT2D eigenvalue weighted by Gasteiger charge is -2.10. The molecule has 5 nitrogen and oxygen atoms in total. The third-order valence-corrected chi connectivity index (χ3v) is 3.24. The lowest BCUT2D eigenvalue weighted by atomic mass is 10.1. The normalized spacial score (nSPS) is 13.4. The highest BCUT2D eigenvalue weighted by atomic mass is 16.2. The number of hydrogen-bond donors (Lipinski definition) is 1. The Labute approximate surface area is 111 Å². The van der Waals surface area contributed by atoms with Gasteiger partial charge in [0.05, 0.1) is 6.42 Å². The molecule has 1 aliphatic heterocycles. The van der Waals surface area contributed by atoms with Crippen LogP contribution in [0.5, 0.6) is 0 Å². The molecule has 1 N–H and O–H groups in total. The largest absolute Gasteiger partial charge is 0.349 e. The zero-order valence-corrected chi connectivity index (χ0v) is 11.0. The molecule has 0 aliphatic carbocycles. The van der Waals surface area contributed by atoms with Crippen LogP contribution < -0.4 is 10.2 Å². The van der Waals surface area contributed by atoms with Crippen molar-refractivity contribution in [1.29, 1.82) is 0 Å². The van der Waals surface area contributed by atoms with Crippen molar-refractivity contribution in [1.82, 2.24) is 5.32 Å². The summed E-state index contributed by atoms with van der Waals surface area (Å²) in [5, 5.41) is 2.55. The minimum Gasteiger partial charge on any atom is -0.349 e. The van der Waals surface area contributed by atoms with Gasteiger partial charge in [-0.05, 0) is 23.6 Å². The molecule has 5 heteroatoms. The van der Waals surface area contributed by atoms with Crippen molar-refractivity contribution < 1.29 is 14.4 Å². The van der Waals surface area contributed by atoms with Gasteiger partial charge in [-0.3, -0.25) is 14.4 Å². The first-order chi connectivity index (χ1) is 8.99. The summed E-state index contributed by atoms with van der Waals surface area (Å²) in [6.45, 7) is 1.66. The Kier molecular flexibility index (Phi) is 3.64. The summed E-state index contributed by atoms with van der Waals surface area (Å²) in [4.78, 5) is 35.1. The van der Waals surface area contributed by atoms with Gasteiger partial charge in [-0.25, -0.2) is 0 Å². The summed E-state index contributed by atoms with van der Waals surface area (Å²) in [6, 6.07) is 5.84. The number of amides is 2. The highest BCUT2D eigenvalue weighted by Crippen LogP contribution is 2.28. The minimum atomic E-state index is -0.559. The summed E-state index contributed by atoms with van der Waals surface area (Å²) >= 11 is 0. The predicted molar refractivity (Wildman–Crippen MR) is 71.0 cm³/mol. The van der Waals surface area contributed by atoms with Crippen molar-refractivity contribution in [2.45, 2.75) is 19.8 Å². The van der Waals surface area contributed by atoms with Crippen molar-refractivity contribution in [2.24, 2.45) is 0 Å². The van der Waals surface area contributed by atoms with Crippen LogP contribution in [-0.4, -0.2) is 31.2 Å². The maximum Gasteiger partial charge on any atom is 0.287 e. The molecule has 0 aromatic heterocycles. The number of likely N-dealkylation sites (N-methyl/N-ethyl adjacent to an activating group) is 1. The highest BCUT2D eigenvalue weighted by molar-refractivity contribution is 6.35. The van der Waals surface area contributed by atoms with Crippen molar-refractivity contribution in [3.63, 3.8) is 0 Å². The number of hydrogen-bond acceptors (Lipinski definition) is 3. The Bertz CT molecular complexity index is 552. The Hall–Kier alpha value is -2.17. The first-order valence-electron chi connectivity index (χ1n) is 6.16. The van der Waals surface area contributed by atoms with Gasteiger partial charge in [0.15, 0.2) is 0 Å². The van der Waals surface area contributed by atoms with Gasteiger partial charge in [-0.1, -0.05) is 12.1 Å². The number of nitrogens with one attached hydrogen (secondary N) is 1. The number of benzene rings is 1. The van der Waals surface area contributed by atoms with E-state index in [-0.39, 0.29) is 5.91 Å². The molecule has 0 fully saturated rings. The zero-order chi connectivity index (χ0) is 14.0. The number of ketones is 1. The van der Waals surface area contributed by atoms with Crippen molar-refractivity contribution in [2.75, 3.05) is 18.5 Å².